The van der Waals surface area contributed by atoms with Crippen molar-refractivity contribution in [3.63, 3.8) is 0 Å². The number of nitrogens with one attached hydrogen (secondary N) is 1. The minimum Gasteiger partial charge on any atom is -0.382 e. The number of nitrogens with zero attached hydrogens (tertiary/aromatic N) is 1. The van der Waals surface area contributed by atoms with Crippen LogP contribution in [0.5, 0.6) is 0 Å². The fourth-order valence-corrected chi connectivity index (χ4v) is 2.98. The summed E-state index contributed by atoms with van der Waals surface area (Å²) < 4.78 is 5.38. The van der Waals surface area contributed by atoms with Crippen molar-refractivity contribution in [1.29, 1.82) is 0 Å². The third-order valence-electron chi connectivity index (χ3n) is 4.21. The predicted molar refractivity (Wildman–Crippen MR) is 78.3 cm³/mol. The van der Waals surface area contributed by atoms with Gasteiger partial charge in [-0.2, -0.15) is 0 Å². The van der Waals surface area contributed by atoms with Crippen molar-refractivity contribution in [3.05, 3.63) is 29.8 Å². The first-order valence-electron chi connectivity index (χ1n) is 7.45. The molecule has 3 rings (SSSR count). The van der Waals surface area contributed by atoms with E-state index < -0.39 is 0 Å². The van der Waals surface area contributed by atoms with Crippen LogP contribution in [0, 0.1) is 5.92 Å². The van der Waals surface area contributed by atoms with Crippen LogP contribution in [0.4, 0.5) is 5.69 Å². The Kier molecular flexibility index (Phi) is 4.04. The third kappa shape index (κ3) is 3.48. The third-order valence-corrected chi connectivity index (χ3v) is 4.21. The summed E-state index contributed by atoms with van der Waals surface area (Å²) in [4.78, 5) is 2.46. The van der Waals surface area contributed by atoms with Crippen molar-refractivity contribution in [2.45, 2.75) is 32.4 Å². The summed E-state index contributed by atoms with van der Waals surface area (Å²) >= 11 is 0. The SMILES string of the molecule is CC1CC(Nc2ccc(CN3CCOCC3)cc2)C1. The zero-order valence-corrected chi connectivity index (χ0v) is 11.8. The molecule has 1 aromatic rings. The molecule has 104 valence electrons. The van der Waals surface area contributed by atoms with Gasteiger partial charge in [-0.3, -0.25) is 4.90 Å². The van der Waals surface area contributed by atoms with Crippen LogP contribution >= 0.6 is 0 Å². The van der Waals surface area contributed by atoms with Gasteiger partial charge in [0.05, 0.1) is 13.2 Å². The molecule has 1 aliphatic carbocycles. The molecule has 1 heterocycles. The summed E-state index contributed by atoms with van der Waals surface area (Å²) in [6.45, 7) is 7.23. The van der Waals surface area contributed by atoms with E-state index in [0.29, 0.717) is 6.04 Å². The van der Waals surface area contributed by atoms with Gasteiger partial charge < -0.3 is 10.1 Å². The molecule has 1 N–H and O–H groups in total. The van der Waals surface area contributed by atoms with Gasteiger partial charge in [-0.05, 0) is 36.5 Å². The standard InChI is InChI=1S/C16H24N2O/c1-13-10-16(11-13)17-15-4-2-14(3-5-15)12-18-6-8-19-9-7-18/h2-5,13,16-17H,6-12H2,1H3. The van der Waals surface area contributed by atoms with E-state index >= 15 is 0 Å². The summed E-state index contributed by atoms with van der Waals surface area (Å²) in [6.07, 6.45) is 2.63. The van der Waals surface area contributed by atoms with E-state index in [1.165, 1.54) is 24.1 Å². The molecular weight excluding hydrogens is 236 g/mol. The van der Waals surface area contributed by atoms with Crippen LogP contribution in [-0.4, -0.2) is 37.2 Å². The van der Waals surface area contributed by atoms with Crippen LogP contribution in [0.3, 0.4) is 0 Å². The molecule has 0 aromatic heterocycles. The quantitative estimate of drug-likeness (QED) is 0.901. The Morgan fingerprint density at radius 2 is 1.84 bits per heavy atom. The molecule has 0 atom stereocenters. The van der Waals surface area contributed by atoms with Crippen LogP contribution in [0.1, 0.15) is 25.3 Å². The molecule has 0 amide bonds. The van der Waals surface area contributed by atoms with Gasteiger partial charge in [0, 0.05) is 31.4 Å². The summed E-state index contributed by atoms with van der Waals surface area (Å²) in [5.74, 6) is 0.901. The van der Waals surface area contributed by atoms with E-state index in [-0.39, 0.29) is 0 Å². The molecule has 1 aliphatic heterocycles. The van der Waals surface area contributed by atoms with Crippen molar-refractivity contribution >= 4 is 5.69 Å². The Labute approximate surface area is 115 Å². The summed E-state index contributed by atoms with van der Waals surface area (Å²) in [5, 5.41) is 3.61. The minimum absolute atomic E-state index is 0.695. The van der Waals surface area contributed by atoms with Crippen molar-refractivity contribution in [1.82, 2.24) is 4.90 Å². The smallest absolute Gasteiger partial charge is 0.0594 e. The molecule has 0 bridgehead atoms. The fraction of sp³-hybridized carbons (Fsp3) is 0.625. The molecular formula is C16H24N2O. The number of anilines is 1. The molecule has 3 heteroatoms. The van der Waals surface area contributed by atoms with Crippen molar-refractivity contribution in [3.8, 4) is 0 Å². The lowest BCUT2D eigenvalue weighted by Crippen LogP contribution is -2.35. The Morgan fingerprint density at radius 1 is 1.16 bits per heavy atom. The van der Waals surface area contributed by atoms with Gasteiger partial charge in [0.2, 0.25) is 0 Å². The maximum absolute atomic E-state index is 5.38. The molecule has 3 nitrogen and oxygen atoms in total. The van der Waals surface area contributed by atoms with E-state index in [2.05, 4.69) is 41.4 Å². The number of benzene rings is 1. The zero-order valence-electron chi connectivity index (χ0n) is 11.8. The molecule has 0 unspecified atom stereocenters. The van der Waals surface area contributed by atoms with E-state index in [4.69, 9.17) is 4.74 Å². The highest BCUT2D eigenvalue weighted by molar-refractivity contribution is 5.45. The first-order valence-corrected chi connectivity index (χ1v) is 7.45. The van der Waals surface area contributed by atoms with Crippen LogP contribution < -0.4 is 5.32 Å². The number of rotatable bonds is 4. The minimum atomic E-state index is 0.695. The van der Waals surface area contributed by atoms with Gasteiger partial charge in [0.15, 0.2) is 0 Å². The molecule has 19 heavy (non-hydrogen) atoms. The first kappa shape index (κ1) is 12.9. The second-order valence-electron chi connectivity index (χ2n) is 6.00. The maximum Gasteiger partial charge on any atom is 0.0594 e. The van der Waals surface area contributed by atoms with Crippen LogP contribution in [0.15, 0.2) is 24.3 Å². The first-order chi connectivity index (χ1) is 9.29. The highest BCUT2D eigenvalue weighted by Crippen LogP contribution is 2.29. The summed E-state index contributed by atoms with van der Waals surface area (Å²) in [6, 6.07) is 9.64. The number of hydrogen-bond acceptors (Lipinski definition) is 3. The lowest BCUT2D eigenvalue weighted by atomic mass is 9.82. The predicted octanol–water partition coefficient (Wildman–Crippen LogP) is 2.73. The molecule has 0 spiro atoms. The monoisotopic (exact) mass is 260 g/mol. The molecule has 1 aromatic carbocycles. The van der Waals surface area contributed by atoms with E-state index in [1.807, 2.05) is 0 Å². The molecule has 2 aliphatic rings. The average Bonchev–Trinajstić information content (AvgIpc) is 2.40. The molecule has 2 fully saturated rings. The number of morpholine rings is 1. The zero-order chi connectivity index (χ0) is 13.1. The summed E-state index contributed by atoms with van der Waals surface area (Å²) in [7, 11) is 0. The van der Waals surface area contributed by atoms with Crippen LogP contribution in [0.25, 0.3) is 0 Å². The van der Waals surface area contributed by atoms with E-state index in [9.17, 15) is 0 Å². The molecule has 1 saturated carbocycles. The van der Waals surface area contributed by atoms with Gasteiger partial charge in [-0.1, -0.05) is 19.1 Å². The van der Waals surface area contributed by atoms with Gasteiger partial charge in [-0.15, -0.1) is 0 Å². The Hall–Kier alpha value is -1.06. The summed E-state index contributed by atoms with van der Waals surface area (Å²) in [5.41, 5.74) is 2.66. The Balaban J connectivity index is 1.50. The molecule has 0 radical (unpaired) electrons. The topological polar surface area (TPSA) is 24.5 Å². The van der Waals surface area contributed by atoms with Gasteiger partial charge in [0.25, 0.3) is 0 Å². The second kappa shape index (κ2) is 5.93. The van der Waals surface area contributed by atoms with Crippen molar-refractivity contribution < 1.29 is 4.74 Å². The largest absolute Gasteiger partial charge is 0.382 e. The fourth-order valence-electron chi connectivity index (χ4n) is 2.98. The van der Waals surface area contributed by atoms with Crippen LogP contribution in [-0.2, 0) is 11.3 Å². The van der Waals surface area contributed by atoms with Gasteiger partial charge in [0.1, 0.15) is 0 Å². The van der Waals surface area contributed by atoms with Gasteiger partial charge in [-0.25, -0.2) is 0 Å². The van der Waals surface area contributed by atoms with Crippen LogP contribution in [0.2, 0.25) is 0 Å². The maximum atomic E-state index is 5.38. The Bertz CT molecular complexity index is 392. The van der Waals surface area contributed by atoms with Crippen molar-refractivity contribution in [2.75, 3.05) is 31.6 Å². The number of ether oxygens (including phenoxy) is 1. The molecule has 1 saturated heterocycles. The second-order valence-corrected chi connectivity index (χ2v) is 6.00. The lowest BCUT2D eigenvalue weighted by molar-refractivity contribution is 0.0342. The number of hydrogen-bond donors (Lipinski definition) is 1. The normalized spacial score (nSPS) is 27.8. The van der Waals surface area contributed by atoms with Gasteiger partial charge >= 0.3 is 0 Å². The Morgan fingerprint density at radius 3 is 2.47 bits per heavy atom. The van der Waals surface area contributed by atoms with E-state index in [1.54, 1.807) is 0 Å². The van der Waals surface area contributed by atoms with Crippen molar-refractivity contribution in [2.24, 2.45) is 5.92 Å². The lowest BCUT2D eigenvalue weighted by Gasteiger charge is -2.34. The highest BCUT2D eigenvalue weighted by Gasteiger charge is 2.24. The average molecular weight is 260 g/mol. The highest BCUT2D eigenvalue weighted by atomic mass is 16.5. The van der Waals surface area contributed by atoms with E-state index in [0.717, 1.165) is 38.8 Å².